The van der Waals surface area contributed by atoms with Gasteiger partial charge in [-0.15, -0.1) is 0 Å². The monoisotopic (exact) mass is 310 g/mol. The number of hydrogen-bond acceptors (Lipinski definition) is 4. The number of nitrogens with zero attached hydrogens (tertiary/aromatic N) is 4. The van der Waals surface area contributed by atoms with Crippen molar-refractivity contribution in [1.29, 1.82) is 0 Å². The summed E-state index contributed by atoms with van der Waals surface area (Å²) in [5.74, 6) is 0.683. The highest BCUT2D eigenvalue weighted by molar-refractivity contribution is 6.33. The van der Waals surface area contributed by atoms with Crippen LogP contribution in [0.3, 0.4) is 0 Å². The minimum atomic E-state index is -0.136. The topological polar surface area (TPSA) is 49.3 Å². The quantitative estimate of drug-likeness (QED) is 0.838. The molecule has 0 saturated carbocycles. The van der Waals surface area contributed by atoms with E-state index < -0.39 is 0 Å². The first-order valence-corrected chi connectivity index (χ1v) is 7.87. The molecule has 1 fully saturated rings. The summed E-state index contributed by atoms with van der Waals surface area (Å²) in [6.45, 7) is 7.85. The summed E-state index contributed by atoms with van der Waals surface area (Å²) in [5, 5.41) is 0.317. The fraction of sp³-hybridized carbons (Fsp3) is 0.667. The smallest absolute Gasteiger partial charge is 0.273 e. The van der Waals surface area contributed by atoms with Gasteiger partial charge < -0.3 is 9.80 Å². The molecule has 1 amide bonds. The summed E-state index contributed by atoms with van der Waals surface area (Å²) < 4.78 is 0. The van der Waals surface area contributed by atoms with Crippen LogP contribution in [-0.2, 0) is 0 Å². The van der Waals surface area contributed by atoms with Gasteiger partial charge in [-0.05, 0) is 25.9 Å². The van der Waals surface area contributed by atoms with Gasteiger partial charge in [0.15, 0.2) is 5.69 Å². The third kappa shape index (κ3) is 4.14. The van der Waals surface area contributed by atoms with Crippen LogP contribution in [0.15, 0.2) is 6.20 Å². The molecule has 1 aromatic rings. The standard InChI is InChI=1S/C15H23ClN4O/c1-11(2)14-17-10-12(16)13(18-14)15(21)19(3)8-9-20-6-4-5-7-20/h10-11H,4-9H2,1-3H3. The summed E-state index contributed by atoms with van der Waals surface area (Å²) in [7, 11) is 1.80. The van der Waals surface area contributed by atoms with Crippen molar-refractivity contribution in [3.05, 3.63) is 22.7 Å². The third-order valence-electron chi connectivity index (χ3n) is 3.78. The van der Waals surface area contributed by atoms with Gasteiger partial charge in [-0.3, -0.25) is 4.79 Å². The third-order valence-corrected chi connectivity index (χ3v) is 4.06. The first-order valence-electron chi connectivity index (χ1n) is 7.49. The Kier molecular flexibility index (Phi) is 5.53. The number of rotatable bonds is 5. The summed E-state index contributed by atoms with van der Waals surface area (Å²) in [4.78, 5) is 25.0. The van der Waals surface area contributed by atoms with Gasteiger partial charge in [0.05, 0.1) is 11.2 Å². The van der Waals surface area contributed by atoms with Crippen molar-refractivity contribution in [2.45, 2.75) is 32.6 Å². The van der Waals surface area contributed by atoms with E-state index in [4.69, 9.17) is 11.6 Å². The molecule has 1 aliphatic rings. The molecule has 0 radical (unpaired) electrons. The van der Waals surface area contributed by atoms with Crippen molar-refractivity contribution in [3.63, 3.8) is 0 Å². The molecular formula is C15H23ClN4O. The van der Waals surface area contributed by atoms with E-state index in [9.17, 15) is 4.79 Å². The van der Waals surface area contributed by atoms with Gasteiger partial charge in [0.1, 0.15) is 5.82 Å². The highest BCUT2D eigenvalue weighted by atomic mass is 35.5. The SMILES string of the molecule is CC(C)c1ncc(Cl)c(C(=O)N(C)CCN2CCCC2)n1. The number of carbonyl (C=O) groups is 1. The lowest BCUT2D eigenvalue weighted by molar-refractivity contribution is 0.0776. The van der Waals surface area contributed by atoms with Gasteiger partial charge >= 0.3 is 0 Å². The van der Waals surface area contributed by atoms with E-state index in [-0.39, 0.29) is 11.8 Å². The number of amides is 1. The molecule has 0 aliphatic carbocycles. The van der Waals surface area contributed by atoms with E-state index >= 15 is 0 Å². The molecule has 1 aromatic heterocycles. The van der Waals surface area contributed by atoms with E-state index in [2.05, 4.69) is 14.9 Å². The van der Waals surface area contributed by atoms with Gasteiger partial charge in [0, 0.05) is 26.1 Å². The Morgan fingerprint density at radius 2 is 2.10 bits per heavy atom. The molecule has 0 N–H and O–H groups in total. The number of aromatic nitrogens is 2. The maximum Gasteiger partial charge on any atom is 0.273 e. The van der Waals surface area contributed by atoms with Crippen LogP contribution < -0.4 is 0 Å². The number of halogens is 1. The lowest BCUT2D eigenvalue weighted by atomic mass is 10.2. The Bertz CT molecular complexity index is 500. The van der Waals surface area contributed by atoms with E-state index in [1.165, 1.54) is 19.0 Å². The van der Waals surface area contributed by atoms with Crippen molar-refractivity contribution >= 4 is 17.5 Å². The average Bonchev–Trinajstić information content (AvgIpc) is 2.97. The molecule has 0 spiro atoms. The lowest BCUT2D eigenvalue weighted by Crippen LogP contribution is -2.35. The molecule has 2 rings (SSSR count). The van der Waals surface area contributed by atoms with Crippen LogP contribution in [0.4, 0.5) is 0 Å². The lowest BCUT2D eigenvalue weighted by Gasteiger charge is -2.21. The van der Waals surface area contributed by atoms with Crippen LogP contribution in [0.2, 0.25) is 5.02 Å². The Morgan fingerprint density at radius 1 is 1.43 bits per heavy atom. The summed E-state index contributed by atoms with van der Waals surface area (Å²) in [6.07, 6.45) is 4.03. The van der Waals surface area contributed by atoms with E-state index in [0.29, 0.717) is 23.1 Å². The summed E-state index contributed by atoms with van der Waals surface area (Å²) in [6, 6.07) is 0. The normalized spacial score (nSPS) is 15.7. The molecule has 1 aliphatic heterocycles. The Hall–Kier alpha value is -1.20. The van der Waals surface area contributed by atoms with Gasteiger partial charge in [-0.25, -0.2) is 9.97 Å². The molecule has 0 aromatic carbocycles. The predicted octanol–water partition coefficient (Wildman–Crippen LogP) is 2.42. The second kappa shape index (κ2) is 7.18. The molecule has 21 heavy (non-hydrogen) atoms. The first kappa shape index (κ1) is 16.2. The Morgan fingerprint density at radius 3 is 2.71 bits per heavy atom. The minimum Gasteiger partial charge on any atom is -0.339 e. The molecule has 0 atom stereocenters. The molecule has 2 heterocycles. The van der Waals surface area contributed by atoms with E-state index in [1.807, 2.05) is 13.8 Å². The van der Waals surface area contributed by atoms with Crippen molar-refractivity contribution in [2.24, 2.45) is 0 Å². The molecule has 6 heteroatoms. The van der Waals surface area contributed by atoms with Gasteiger partial charge in [-0.2, -0.15) is 0 Å². The minimum absolute atomic E-state index is 0.136. The van der Waals surface area contributed by atoms with Crippen LogP contribution in [0.1, 0.15) is 48.9 Å². The van der Waals surface area contributed by atoms with Crippen molar-refractivity contribution in [1.82, 2.24) is 19.8 Å². The Labute approximate surface area is 131 Å². The average molecular weight is 311 g/mol. The number of likely N-dealkylation sites (N-methyl/N-ethyl adjacent to an activating group) is 1. The molecule has 116 valence electrons. The van der Waals surface area contributed by atoms with Gasteiger partial charge in [-0.1, -0.05) is 25.4 Å². The van der Waals surface area contributed by atoms with Crippen LogP contribution >= 0.6 is 11.6 Å². The van der Waals surface area contributed by atoms with Crippen LogP contribution in [0.5, 0.6) is 0 Å². The fourth-order valence-corrected chi connectivity index (χ4v) is 2.56. The van der Waals surface area contributed by atoms with Crippen molar-refractivity contribution < 1.29 is 4.79 Å². The number of carbonyl (C=O) groups excluding carboxylic acids is 1. The second-order valence-electron chi connectivity index (χ2n) is 5.85. The predicted molar refractivity (Wildman–Crippen MR) is 83.8 cm³/mol. The number of likely N-dealkylation sites (tertiary alicyclic amines) is 1. The van der Waals surface area contributed by atoms with Crippen LogP contribution in [0, 0.1) is 0 Å². The Balaban J connectivity index is 2.02. The fourth-order valence-electron chi connectivity index (χ4n) is 2.39. The second-order valence-corrected chi connectivity index (χ2v) is 6.26. The van der Waals surface area contributed by atoms with Gasteiger partial charge in [0.2, 0.25) is 0 Å². The summed E-state index contributed by atoms with van der Waals surface area (Å²) in [5.41, 5.74) is 0.305. The first-order chi connectivity index (χ1) is 9.99. The maximum atomic E-state index is 12.5. The highest BCUT2D eigenvalue weighted by Gasteiger charge is 2.20. The van der Waals surface area contributed by atoms with Crippen LogP contribution in [-0.4, -0.2) is 58.9 Å². The van der Waals surface area contributed by atoms with Crippen molar-refractivity contribution in [3.8, 4) is 0 Å². The van der Waals surface area contributed by atoms with E-state index in [0.717, 1.165) is 19.6 Å². The molecule has 0 unspecified atom stereocenters. The van der Waals surface area contributed by atoms with Crippen LogP contribution in [0.25, 0.3) is 0 Å². The zero-order chi connectivity index (χ0) is 15.4. The zero-order valence-corrected chi connectivity index (χ0v) is 13.7. The van der Waals surface area contributed by atoms with Gasteiger partial charge in [0.25, 0.3) is 5.91 Å². The number of hydrogen-bond donors (Lipinski definition) is 0. The van der Waals surface area contributed by atoms with Crippen molar-refractivity contribution in [2.75, 3.05) is 33.2 Å². The van der Waals surface area contributed by atoms with E-state index in [1.54, 1.807) is 11.9 Å². The summed E-state index contributed by atoms with van der Waals surface area (Å²) >= 11 is 6.08. The highest BCUT2D eigenvalue weighted by Crippen LogP contribution is 2.17. The molecule has 5 nitrogen and oxygen atoms in total. The molecular weight excluding hydrogens is 288 g/mol. The largest absolute Gasteiger partial charge is 0.339 e. The molecule has 1 saturated heterocycles. The maximum absolute atomic E-state index is 12.5. The molecule has 0 bridgehead atoms. The zero-order valence-electron chi connectivity index (χ0n) is 13.0.